The largest absolute Gasteiger partial charge is 0.361 e. The third kappa shape index (κ3) is 2.40. The van der Waals surface area contributed by atoms with E-state index in [4.69, 9.17) is 0 Å². The molecule has 0 saturated heterocycles. The molecule has 0 unspecified atom stereocenters. The monoisotopic (exact) mass is 265 g/mol. The zero-order valence-electron chi connectivity index (χ0n) is 11.2. The summed E-state index contributed by atoms with van der Waals surface area (Å²) in [6.45, 7) is 2.42. The van der Waals surface area contributed by atoms with Crippen LogP contribution in [0.1, 0.15) is 21.6 Å². The first kappa shape index (κ1) is 12.4. The normalized spacial score (nSPS) is 10.7. The minimum Gasteiger partial charge on any atom is -0.361 e. The summed E-state index contributed by atoms with van der Waals surface area (Å²) in [5, 5.41) is 3.86. The van der Waals surface area contributed by atoms with Crippen molar-refractivity contribution in [2.45, 2.75) is 13.5 Å². The predicted molar refractivity (Wildman–Crippen MR) is 78.4 cm³/mol. The van der Waals surface area contributed by atoms with E-state index in [-0.39, 0.29) is 5.91 Å². The van der Waals surface area contributed by atoms with Crippen molar-refractivity contribution in [2.24, 2.45) is 0 Å². The molecule has 2 N–H and O–H groups in total. The SMILES string of the molecule is Cc1ccc(CNC(=O)c2cccc3[nH]ccc23)cn1. The number of H-pyrrole nitrogens is 1. The number of aryl methyl sites for hydroxylation is 1. The molecule has 2 heterocycles. The molecular formula is C16H15N3O. The third-order valence-corrected chi connectivity index (χ3v) is 3.27. The average molecular weight is 265 g/mol. The van der Waals surface area contributed by atoms with Gasteiger partial charge in [-0.25, -0.2) is 0 Å². The van der Waals surface area contributed by atoms with Crippen molar-refractivity contribution in [3.8, 4) is 0 Å². The summed E-state index contributed by atoms with van der Waals surface area (Å²) in [6, 6.07) is 11.5. The number of hydrogen-bond acceptors (Lipinski definition) is 2. The van der Waals surface area contributed by atoms with Crippen LogP contribution >= 0.6 is 0 Å². The highest BCUT2D eigenvalue weighted by atomic mass is 16.1. The first-order valence-electron chi connectivity index (χ1n) is 6.50. The fourth-order valence-electron chi connectivity index (χ4n) is 2.16. The Morgan fingerprint density at radius 3 is 2.95 bits per heavy atom. The maximum absolute atomic E-state index is 12.3. The molecule has 0 spiro atoms. The smallest absolute Gasteiger partial charge is 0.252 e. The van der Waals surface area contributed by atoms with Gasteiger partial charge in [-0.3, -0.25) is 9.78 Å². The Labute approximate surface area is 116 Å². The van der Waals surface area contributed by atoms with Gasteiger partial charge in [-0.15, -0.1) is 0 Å². The number of rotatable bonds is 3. The summed E-state index contributed by atoms with van der Waals surface area (Å²) >= 11 is 0. The van der Waals surface area contributed by atoms with Gasteiger partial charge in [-0.2, -0.15) is 0 Å². The average Bonchev–Trinajstić information content (AvgIpc) is 2.94. The molecule has 0 radical (unpaired) electrons. The molecule has 4 nitrogen and oxygen atoms in total. The van der Waals surface area contributed by atoms with Crippen molar-refractivity contribution in [1.29, 1.82) is 0 Å². The molecule has 0 bridgehead atoms. The summed E-state index contributed by atoms with van der Waals surface area (Å²) in [5.74, 6) is -0.0734. The summed E-state index contributed by atoms with van der Waals surface area (Å²) in [5.41, 5.74) is 3.61. The highest BCUT2D eigenvalue weighted by Crippen LogP contribution is 2.17. The second-order valence-electron chi connectivity index (χ2n) is 4.73. The minimum absolute atomic E-state index is 0.0734. The maximum Gasteiger partial charge on any atom is 0.252 e. The number of carbonyl (C=O) groups excluding carboxylic acids is 1. The van der Waals surface area contributed by atoms with E-state index in [0.29, 0.717) is 12.1 Å². The standard InChI is InChI=1S/C16H15N3O/c1-11-5-6-12(9-18-11)10-19-16(20)14-3-2-4-15-13(14)7-8-17-15/h2-9,17H,10H2,1H3,(H,19,20). The first-order chi connectivity index (χ1) is 9.74. The van der Waals surface area contributed by atoms with E-state index in [2.05, 4.69) is 15.3 Å². The Balaban J connectivity index is 1.76. The van der Waals surface area contributed by atoms with Gasteiger partial charge in [0.2, 0.25) is 0 Å². The fraction of sp³-hybridized carbons (Fsp3) is 0.125. The topological polar surface area (TPSA) is 57.8 Å². The van der Waals surface area contributed by atoms with Crippen LogP contribution < -0.4 is 5.32 Å². The molecule has 0 fully saturated rings. The van der Waals surface area contributed by atoms with E-state index < -0.39 is 0 Å². The lowest BCUT2D eigenvalue weighted by atomic mass is 10.1. The number of hydrogen-bond donors (Lipinski definition) is 2. The molecule has 1 aromatic carbocycles. The van der Waals surface area contributed by atoms with E-state index in [1.54, 1.807) is 6.20 Å². The number of aromatic amines is 1. The summed E-state index contributed by atoms with van der Waals surface area (Å²) in [4.78, 5) is 19.6. The lowest BCUT2D eigenvalue weighted by Crippen LogP contribution is -2.23. The quantitative estimate of drug-likeness (QED) is 0.765. The Kier molecular flexibility index (Phi) is 3.21. The van der Waals surface area contributed by atoms with Gasteiger partial charge >= 0.3 is 0 Å². The highest BCUT2D eigenvalue weighted by molar-refractivity contribution is 6.06. The number of pyridine rings is 1. The van der Waals surface area contributed by atoms with Gasteiger partial charge in [0, 0.05) is 41.1 Å². The van der Waals surface area contributed by atoms with Gasteiger partial charge in [-0.05, 0) is 36.8 Å². The van der Waals surface area contributed by atoms with Crippen LogP contribution in [0.15, 0.2) is 48.8 Å². The predicted octanol–water partition coefficient (Wildman–Crippen LogP) is 2.80. The Hall–Kier alpha value is -2.62. The Bertz CT molecular complexity index is 744. The summed E-state index contributed by atoms with van der Waals surface area (Å²) in [7, 11) is 0. The lowest BCUT2D eigenvalue weighted by Gasteiger charge is -2.06. The summed E-state index contributed by atoms with van der Waals surface area (Å²) < 4.78 is 0. The first-order valence-corrected chi connectivity index (χ1v) is 6.50. The van der Waals surface area contributed by atoms with E-state index in [1.807, 2.05) is 49.5 Å². The molecule has 3 rings (SSSR count). The molecule has 0 saturated carbocycles. The number of nitrogens with zero attached hydrogens (tertiary/aromatic N) is 1. The lowest BCUT2D eigenvalue weighted by molar-refractivity contribution is 0.0952. The second kappa shape index (κ2) is 5.17. The van der Waals surface area contributed by atoms with Crippen LogP contribution in [0.3, 0.4) is 0 Å². The van der Waals surface area contributed by atoms with Gasteiger partial charge < -0.3 is 10.3 Å². The van der Waals surface area contributed by atoms with Gasteiger partial charge in [0.05, 0.1) is 0 Å². The zero-order valence-corrected chi connectivity index (χ0v) is 11.2. The molecule has 1 amide bonds. The van der Waals surface area contributed by atoms with Crippen LogP contribution in [-0.4, -0.2) is 15.9 Å². The number of amides is 1. The van der Waals surface area contributed by atoms with Gasteiger partial charge in [0.1, 0.15) is 0 Å². The molecule has 20 heavy (non-hydrogen) atoms. The van der Waals surface area contributed by atoms with Crippen LogP contribution in [0.5, 0.6) is 0 Å². The second-order valence-corrected chi connectivity index (χ2v) is 4.73. The van der Waals surface area contributed by atoms with Crippen molar-refractivity contribution in [2.75, 3.05) is 0 Å². The molecule has 100 valence electrons. The van der Waals surface area contributed by atoms with Crippen LogP contribution in [0.2, 0.25) is 0 Å². The van der Waals surface area contributed by atoms with Crippen molar-refractivity contribution >= 4 is 16.8 Å². The Morgan fingerprint density at radius 1 is 1.25 bits per heavy atom. The number of fused-ring (bicyclic) bond motifs is 1. The highest BCUT2D eigenvalue weighted by Gasteiger charge is 2.09. The van der Waals surface area contributed by atoms with Crippen molar-refractivity contribution in [1.82, 2.24) is 15.3 Å². The molecular weight excluding hydrogens is 250 g/mol. The minimum atomic E-state index is -0.0734. The van der Waals surface area contributed by atoms with Crippen molar-refractivity contribution in [3.05, 3.63) is 65.6 Å². The molecule has 4 heteroatoms. The van der Waals surface area contributed by atoms with E-state index >= 15 is 0 Å². The van der Waals surface area contributed by atoms with E-state index in [1.165, 1.54) is 0 Å². The number of carbonyl (C=O) groups is 1. The van der Waals surface area contributed by atoms with Gasteiger partial charge in [-0.1, -0.05) is 12.1 Å². The van der Waals surface area contributed by atoms with Crippen LogP contribution in [0.4, 0.5) is 0 Å². The molecule has 2 aromatic heterocycles. The van der Waals surface area contributed by atoms with Crippen molar-refractivity contribution in [3.63, 3.8) is 0 Å². The molecule has 0 aliphatic carbocycles. The van der Waals surface area contributed by atoms with Crippen LogP contribution in [0.25, 0.3) is 10.9 Å². The summed E-state index contributed by atoms with van der Waals surface area (Å²) in [6.07, 6.45) is 3.62. The third-order valence-electron chi connectivity index (χ3n) is 3.27. The van der Waals surface area contributed by atoms with Crippen LogP contribution in [-0.2, 0) is 6.54 Å². The van der Waals surface area contributed by atoms with Gasteiger partial charge in [0.15, 0.2) is 0 Å². The van der Waals surface area contributed by atoms with Crippen molar-refractivity contribution < 1.29 is 4.79 Å². The fourth-order valence-corrected chi connectivity index (χ4v) is 2.16. The Morgan fingerprint density at radius 2 is 2.15 bits per heavy atom. The van der Waals surface area contributed by atoms with E-state index in [9.17, 15) is 4.79 Å². The molecule has 0 aliphatic rings. The maximum atomic E-state index is 12.3. The molecule has 3 aromatic rings. The zero-order chi connectivity index (χ0) is 13.9. The van der Waals surface area contributed by atoms with E-state index in [0.717, 1.165) is 22.2 Å². The molecule has 0 atom stereocenters. The number of aromatic nitrogens is 2. The van der Waals surface area contributed by atoms with Crippen LogP contribution in [0, 0.1) is 6.92 Å². The number of nitrogens with one attached hydrogen (secondary N) is 2. The number of benzene rings is 1. The molecule has 0 aliphatic heterocycles. The van der Waals surface area contributed by atoms with Gasteiger partial charge in [0.25, 0.3) is 5.91 Å².